The molecule has 0 saturated carbocycles. The molecule has 2 atom stereocenters. The van der Waals surface area contributed by atoms with Crippen LogP contribution in [-0.2, 0) is 16.4 Å². The topological polar surface area (TPSA) is 78.5 Å². The summed E-state index contributed by atoms with van der Waals surface area (Å²) in [5.41, 5.74) is 2.31. The standard InChI is InChI=1S/C19H24BrN3O3S2/c1-12-10-17-16(11-18(20)27-17)13(2)23(12)9-8-21-19(24)14-4-6-15(7-5-14)22-28(3,25)26/h4-7,11-13,22H,8-10H2,1-3H3,(H,21,24)/t12-,13+/m1/s1. The van der Waals surface area contributed by atoms with Gasteiger partial charge in [0.1, 0.15) is 0 Å². The van der Waals surface area contributed by atoms with Crippen LogP contribution in [0.3, 0.4) is 0 Å². The van der Waals surface area contributed by atoms with E-state index in [-0.39, 0.29) is 5.91 Å². The number of fused-ring (bicyclic) bond motifs is 1. The number of sulfonamides is 1. The lowest BCUT2D eigenvalue weighted by Crippen LogP contribution is -2.44. The number of hydrogen-bond donors (Lipinski definition) is 2. The van der Waals surface area contributed by atoms with E-state index < -0.39 is 10.0 Å². The van der Waals surface area contributed by atoms with Crippen molar-refractivity contribution in [1.82, 2.24) is 10.2 Å². The Morgan fingerprint density at radius 1 is 1.29 bits per heavy atom. The second kappa shape index (κ2) is 8.52. The number of halogens is 1. The average molecular weight is 486 g/mol. The van der Waals surface area contributed by atoms with Gasteiger partial charge in [-0.05, 0) is 72.1 Å². The number of nitrogens with one attached hydrogen (secondary N) is 2. The fourth-order valence-electron chi connectivity index (χ4n) is 3.59. The quantitative estimate of drug-likeness (QED) is 0.654. The predicted molar refractivity (Wildman–Crippen MR) is 118 cm³/mol. The second-order valence-corrected chi connectivity index (χ2v) is 11.4. The van der Waals surface area contributed by atoms with Gasteiger partial charge >= 0.3 is 0 Å². The van der Waals surface area contributed by atoms with Gasteiger partial charge in [-0.15, -0.1) is 11.3 Å². The molecule has 1 aromatic carbocycles. The maximum Gasteiger partial charge on any atom is 0.251 e. The van der Waals surface area contributed by atoms with Crippen molar-refractivity contribution in [2.45, 2.75) is 32.4 Å². The Labute approximate surface area is 178 Å². The smallest absolute Gasteiger partial charge is 0.251 e. The first kappa shape index (κ1) is 21.3. The van der Waals surface area contributed by atoms with Gasteiger partial charge in [0.2, 0.25) is 10.0 Å². The number of carbonyl (C=O) groups is 1. The zero-order valence-corrected chi connectivity index (χ0v) is 19.2. The molecule has 152 valence electrons. The Hall–Kier alpha value is -1.42. The zero-order valence-electron chi connectivity index (χ0n) is 16.0. The van der Waals surface area contributed by atoms with Crippen LogP contribution < -0.4 is 10.0 Å². The third-order valence-electron chi connectivity index (χ3n) is 4.91. The molecule has 2 heterocycles. The summed E-state index contributed by atoms with van der Waals surface area (Å²) in [5.74, 6) is -0.165. The number of hydrogen-bond acceptors (Lipinski definition) is 5. The van der Waals surface area contributed by atoms with Gasteiger partial charge in [0.25, 0.3) is 5.91 Å². The monoisotopic (exact) mass is 485 g/mol. The van der Waals surface area contributed by atoms with Crippen LogP contribution in [0.5, 0.6) is 0 Å². The number of anilines is 1. The lowest BCUT2D eigenvalue weighted by atomic mass is 9.96. The molecule has 3 rings (SSSR count). The molecule has 0 spiro atoms. The van der Waals surface area contributed by atoms with Crippen LogP contribution in [0.25, 0.3) is 0 Å². The molecule has 0 radical (unpaired) electrons. The summed E-state index contributed by atoms with van der Waals surface area (Å²) >= 11 is 5.39. The Morgan fingerprint density at radius 2 is 1.96 bits per heavy atom. The molecule has 0 bridgehead atoms. The summed E-state index contributed by atoms with van der Waals surface area (Å²) in [6.45, 7) is 5.76. The van der Waals surface area contributed by atoms with Gasteiger partial charge in [0, 0.05) is 41.3 Å². The first-order valence-corrected chi connectivity index (χ1v) is 12.5. The number of amides is 1. The number of benzene rings is 1. The molecule has 1 aliphatic rings. The molecule has 0 saturated heterocycles. The molecule has 9 heteroatoms. The minimum Gasteiger partial charge on any atom is -0.351 e. The van der Waals surface area contributed by atoms with E-state index in [0.717, 1.165) is 19.2 Å². The Morgan fingerprint density at radius 3 is 2.61 bits per heavy atom. The lowest BCUT2D eigenvalue weighted by Gasteiger charge is -2.39. The summed E-state index contributed by atoms with van der Waals surface area (Å²) < 4.78 is 26.0. The van der Waals surface area contributed by atoms with E-state index in [1.807, 2.05) is 11.3 Å². The summed E-state index contributed by atoms with van der Waals surface area (Å²) in [4.78, 5) is 16.2. The summed E-state index contributed by atoms with van der Waals surface area (Å²) in [6.07, 6.45) is 2.12. The third-order valence-corrected chi connectivity index (χ3v) is 7.19. The van der Waals surface area contributed by atoms with Crippen LogP contribution in [0.1, 0.15) is 40.7 Å². The predicted octanol–water partition coefficient (Wildman–Crippen LogP) is 3.62. The third kappa shape index (κ3) is 5.14. The van der Waals surface area contributed by atoms with Crippen LogP contribution in [0.2, 0.25) is 0 Å². The normalized spacial score (nSPS) is 19.9. The first-order chi connectivity index (χ1) is 13.1. The van der Waals surface area contributed by atoms with Crippen molar-refractivity contribution in [3.05, 3.63) is 50.1 Å². The second-order valence-electron chi connectivity index (χ2n) is 7.10. The number of nitrogens with zero attached hydrogens (tertiary/aromatic N) is 1. The minimum atomic E-state index is -3.33. The van der Waals surface area contributed by atoms with Crippen molar-refractivity contribution in [2.24, 2.45) is 0 Å². The highest BCUT2D eigenvalue weighted by Crippen LogP contribution is 2.39. The fraction of sp³-hybridized carbons (Fsp3) is 0.421. The summed E-state index contributed by atoms with van der Waals surface area (Å²) in [6, 6.07) is 9.34. The minimum absolute atomic E-state index is 0.165. The van der Waals surface area contributed by atoms with Crippen molar-refractivity contribution in [1.29, 1.82) is 0 Å². The largest absolute Gasteiger partial charge is 0.351 e. The van der Waals surface area contributed by atoms with E-state index in [9.17, 15) is 13.2 Å². The van der Waals surface area contributed by atoms with Crippen molar-refractivity contribution in [3.8, 4) is 0 Å². The van der Waals surface area contributed by atoms with Gasteiger partial charge in [-0.1, -0.05) is 0 Å². The van der Waals surface area contributed by atoms with Gasteiger partial charge in [-0.25, -0.2) is 8.42 Å². The van der Waals surface area contributed by atoms with Gasteiger partial charge in [-0.2, -0.15) is 0 Å². The van der Waals surface area contributed by atoms with Gasteiger partial charge < -0.3 is 5.32 Å². The van der Waals surface area contributed by atoms with E-state index in [1.54, 1.807) is 24.3 Å². The number of thiophene rings is 1. The number of rotatable bonds is 6. The van der Waals surface area contributed by atoms with Crippen molar-refractivity contribution < 1.29 is 13.2 Å². The first-order valence-electron chi connectivity index (χ1n) is 9.04. The Kier molecular flexibility index (Phi) is 6.48. The SMILES string of the molecule is C[C@@H]1Cc2sc(Br)cc2[C@H](C)N1CCNC(=O)c1ccc(NS(C)(=O)=O)cc1. The van der Waals surface area contributed by atoms with Gasteiger partial charge in [0.05, 0.1) is 10.0 Å². The van der Waals surface area contributed by atoms with Crippen LogP contribution in [-0.4, -0.2) is 44.6 Å². The molecular formula is C19H24BrN3O3S2. The molecule has 2 aromatic rings. The highest BCUT2D eigenvalue weighted by atomic mass is 79.9. The van der Waals surface area contributed by atoms with Gasteiger partial charge in [0.15, 0.2) is 0 Å². The molecule has 1 aromatic heterocycles. The van der Waals surface area contributed by atoms with Crippen molar-refractivity contribution >= 4 is 48.9 Å². The highest BCUT2D eigenvalue weighted by Gasteiger charge is 2.30. The summed E-state index contributed by atoms with van der Waals surface area (Å²) in [7, 11) is -3.33. The molecule has 0 fully saturated rings. The Bertz CT molecular complexity index is 957. The van der Waals surface area contributed by atoms with Crippen LogP contribution in [0, 0.1) is 0 Å². The zero-order chi connectivity index (χ0) is 20.5. The molecule has 1 aliphatic heterocycles. The van der Waals surface area contributed by atoms with E-state index >= 15 is 0 Å². The van der Waals surface area contributed by atoms with E-state index in [0.29, 0.717) is 29.9 Å². The van der Waals surface area contributed by atoms with Crippen molar-refractivity contribution in [3.63, 3.8) is 0 Å². The maximum atomic E-state index is 12.4. The molecule has 1 amide bonds. The molecule has 0 unspecified atom stereocenters. The molecular weight excluding hydrogens is 462 g/mol. The highest BCUT2D eigenvalue weighted by molar-refractivity contribution is 9.11. The van der Waals surface area contributed by atoms with Gasteiger partial charge in [-0.3, -0.25) is 14.4 Å². The number of carbonyl (C=O) groups excluding carboxylic acids is 1. The van der Waals surface area contributed by atoms with Crippen LogP contribution >= 0.6 is 27.3 Å². The van der Waals surface area contributed by atoms with E-state index in [1.165, 1.54) is 14.2 Å². The maximum absolute atomic E-state index is 12.4. The molecule has 0 aliphatic carbocycles. The Balaban J connectivity index is 1.55. The average Bonchev–Trinajstić information content (AvgIpc) is 2.97. The fourth-order valence-corrected chi connectivity index (χ4v) is 6.08. The van der Waals surface area contributed by atoms with Crippen molar-refractivity contribution in [2.75, 3.05) is 24.1 Å². The van der Waals surface area contributed by atoms with E-state index in [4.69, 9.17) is 0 Å². The van der Waals surface area contributed by atoms with Crippen LogP contribution in [0.4, 0.5) is 5.69 Å². The summed E-state index contributed by atoms with van der Waals surface area (Å²) in [5, 5.41) is 2.96. The van der Waals surface area contributed by atoms with Crippen LogP contribution in [0.15, 0.2) is 34.1 Å². The molecule has 28 heavy (non-hydrogen) atoms. The lowest BCUT2D eigenvalue weighted by molar-refractivity contribution is 0.0929. The molecule has 6 nitrogen and oxygen atoms in total. The molecule has 2 N–H and O–H groups in total. The van der Waals surface area contributed by atoms with E-state index in [2.05, 4.69) is 50.8 Å².